The standard InChI is InChI=1S/C15H9F5N4S2/c16-26(17,18,19,20)12-3-1-11(2-4-12)24-14-8-21-15(10-5-6-25-9-10)23-13(14)7-22-24/h1-9H. The molecular weight excluding hydrogens is 395 g/mol. The van der Waals surface area contributed by atoms with Crippen LogP contribution in [-0.4, -0.2) is 19.7 Å². The Balaban J connectivity index is 1.76. The average Bonchev–Trinajstić information content (AvgIpc) is 3.22. The van der Waals surface area contributed by atoms with Gasteiger partial charge in [0, 0.05) is 10.9 Å². The van der Waals surface area contributed by atoms with Crippen LogP contribution in [0.2, 0.25) is 0 Å². The van der Waals surface area contributed by atoms with Gasteiger partial charge in [-0.25, -0.2) is 14.6 Å². The first-order valence-electron chi connectivity index (χ1n) is 7.09. The molecule has 4 aromatic rings. The fourth-order valence-corrected chi connectivity index (χ4v) is 3.69. The van der Waals surface area contributed by atoms with Crippen LogP contribution in [0.4, 0.5) is 19.4 Å². The zero-order chi connectivity index (χ0) is 18.6. The molecule has 0 saturated carbocycles. The summed E-state index contributed by atoms with van der Waals surface area (Å²) in [5.41, 5.74) is 1.96. The summed E-state index contributed by atoms with van der Waals surface area (Å²) in [6.45, 7) is 0. The number of hydrogen-bond acceptors (Lipinski definition) is 4. The quantitative estimate of drug-likeness (QED) is 0.382. The number of hydrogen-bond donors (Lipinski definition) is 0. The molecule has 0 fully saturated rings. The van der Waals surface area contributed by atoms with Crippen molar-refractivity contribution in [1.29, 1.82) is 0 Å². The predicted molar refractivity (Wildman–Crippen MR) is 91.4 cm³/mol. The van der Waals surface area contributed by atoms with Gasteiger partial charge in [-0.3, -0.25) is 0 Å². The average molecular weight is 404 g/mol. The van der Waals surface area contributed by atoms with E-state index in [-0.39, 0.29) is 5.69 Å². The molecule has 0 bridgehead atoms. The summed E-state index contributed by atoms with van der Waals surface area (Å²) in [7, 11) is -9.70. The molecule has 3 aromatic heterocycles. The Labute approximate surface area is 147 Å². The molecule has 0 radical (unpaired) electrons. The number of halogens is 5. The second-order valence-corrected chi connectivity index (χ2v) is 8.68. The summed E-state index contributed by atoms with van der Waals surface area (Å²) in [4.78, 5) is 6.64. The highest BCUT2D eigenvalue weighted by Crippen LogP contribution is 3.02. The second-order valence-electron chi connectivity index (χ2n) is 5.50. The SMILES string of the molecule is FS(F)(F)(F)(F)c1ccc(-n2ncc3nc(-c4ccsc4)ncc32)cc1. The van der Waals surface area contributed by atoms with E-state index in [0.29, 0.717) is 29.0 Å². The lowest BCUT2D eigenvalue weighted by Crippen LogP contribution is -2.06. The lowest BCUT2D eigenvalue weighted by Gasteiger charge is -2.40. The molecule has 3 heterocycles. The van der Waals surface area contributed by atoms with Crippen molar-refractivity contribution >= 4 is 32.6 Å². The van der Waals surface area contributed by atoms with E-state index in [4.69, 9.17) is 0 Å². The van der Waals surface area contributed by atoms with Crippen molar-refractivity contribution in [2.45, 2.75) is 4.90 Å². The van der Waals surface area contributed by atoms with Crippen molar-refractivity contribution in [3.8, 4) is 17.1 Å². The molecule has 11 heteroatoms. The Hall–Kier alpha value is -2.53. The normalized spacial score (nSPS) is 15.0. The monoisotopic (exact) mass is 404 g/mol. The van der Waals surface area contributed by atoms with Gasteiger partial charge in [-0.15, -0.1) is 0 Å². The fourth-order valence-electron chi connectivity index (χ4n) is 2.40. The molecule has 0 spiro atoms. The molecule has 0 atom stereocenters. The van der Waals surface area contributed by atoms with Gasteiger partial charge in [-0.05, 0) is 35.7 Å². The predicted octanol–water partition coefficient (Wildman–Crippen LogP) is 6.20. The molecule has 136 valence electrons. The summed E-state index contributed by atoms with van der Waals surface area (Å²) >= 11 is 1.49. The number of rotatable bonds is 3. The van der Waals surface area contributed by atoms with Crippen molar-refractivity contribution in [3.63, 3.8) is 0 Å². The van der Waals surface area contributed by atoms with E-state index in [2.05, 4.69) is 15.1 Å². The zero-order valence-electron chi connectivity index (χ0n) is 12.7. The number of thiophene rings is 1. The van der Waals surface area contributed by atoms with E-state index in [1.54, 1.807) is 0 Å². The van der Waals surface area contributed by atoms with E-state index < -0.39 is 15.1 Å². The Kier molecular flexibility index (Phi) is 3.12. The third kappa shape index (κ3) is 3.03. The van der Waals surface area contributed by atoms with Crippen molar-refractivity contribution in [2.24, 2.45) is 0 Å². The summed E-state index contributed by atoms with van der Waals surface area (Å²) in [5.74, 6) is 0.495. The van der Waals surface area contributed by atoms with Gasteiger partial charge >= 0.3 is 10.2 Å². The van der Waals surface area contributed by atoms with Gasteiger partial charge < -0.3 is 0 Å². The minimum Gasteiger partial charge on any atom is -0.234 e. The number of nitrogens with zero attached hydrogens (tertiary/aromatic N) is 4. The van der Waals surface area contributed by atoms with Gasteiger partial charge in [0.25, 0.3) is 0 Å². The molecule has 0 aliphatic heterocycles. The van der Waals surface area contributed by atoms with Gasteiger partial charge in [0.15, 0.2) is 5.82 Å². The van der Waals surface area contributed by atoms with Crippen molar-refractivity contribution < 1.29 is 19.4 Å². The smallest absolute Gasteiger partial charge is 0.234 e. The van der Waals surface area contributed by atoms with E-state index >= 15 is 0 Å². The Morgan fingerprint density at radius 1 is 0.923 bits per heavy atom. The summed E-state index contributed by atoms with van der Waals surface area (Å²) in [5, 5.41) is 7.83. The topological polar surface area (TPSA) is 43.6 Å². The minimum absolute atomic E-state index is 0.192. The van der Waals surface area contributed by atoms with Gasteiger partial charge in [0.05, 0.1) is 18.1 Å². The van der Waals surface area contributed by atoms with Crippen LogP contribution in [0.25, 0.3) is 28.1 Å². The van der Waals surface area contributed by atoms with E-state index in [0.717, 1.165) is 17.7 Å². The minimum atomic E-state index is -9.70. The highest BCUT2D eigenvalue weighted by molar-refractivity contribution is 8.45. The highest BCUT2D eigenvalue weighted by Gasteiger charge is 2.65. The third-order valence-electron chi connectivity index (χ3n) is 3.63. The van der Waals surface area contributed by atoms with E-state index in [1.807, 2.05) is 16.8 Å². The van der Waals surface area contributed by atoms with Crippen LogP contribution in [0.15, 0.2) is 58.4 Å². The molecular formula is C15H9F5N4S2. The van der Waals surface area contributed by atoms with Gasteiger partial charge in [-0.1, -0.05) is 19.4 Å². The molecule has 0 N–H and O–H groups in total. The molecule has 0 aliphatic rings. The van der Waals surface area contributed by atoms with Gasteiger partial charge in [0.1, 0.15) is 15.9 Å². The van der Waals surface area contributed by atoms with Crippen LogP contribution in [0, 0.1) is 0 Å². The maximum absolute atomic E-state index is 12.8. The summed E-state index contributed by atoms with van der Waals surface area (Å²) in [6.07, 6.45) is 2.92. The van der Waals surface area contributed by atoms with Crippen LogP contribution in [-0.2, 0) is 0 Å². The van der Waals surface area contributed by atoms with Crippen LogP contribution >= 0.6 is 21.6 Å². The van der Waals surface area contributed by atoms with Crippen LogP contribution < -0.4 is 0 Å². The molecule has 0 aliphatic carbocycles. The van der Waals surface area contributed by atoms with Crippen molar-refractivity contribution in [3.05, 3.63) is 53.5 Å². The maximum Gasteiger partial charge on any atom is 0.310 e. The lowest BCUT2D eigenvalue weighted by molar-refractivity contribution is 0.364. The molecule has 0 saturated heterocycles. The van der Waals surface area contributed by atoms with Gasteiger partial charge in [0.2, 0.25) is 0 Å². The van der Waals surface area contributed by atoms with Crippen molar-refractivity contribution in [2.75, 3.05) is 0 Å². The first kappa shape index (κ1) is 16.9. The Morgan fingerprint density at radius 3 is 2.27 bits per heavy atom. The van der Waals surface area contributed by atoms with Crippen LogP contribution in [0.5, 0.6) is 0 Å². The summed E-state index contributed by atoms with van der Waals surface area (Å²) in [6, 6.07) is 4.43. The van der Waals surface area contributed by atoms with Crippen molar-refractivity contribution in [1.82, 2.24) is 19.7 Å². The Morgan fingerprint density at radius 2 is 1.65 bits per heavy atom. The summed E-state index contributed by atoms with van der Waals surface area (Å²) < 4.78 is 65.4. The first-order chi connectivity index (χ1) is 12.0. The maximum atomic E-state index is 12.8. The zero-order valence-corrected chi connectivity index (χ0v) is 14.3. The van der Waals surface area contributed by atoms with E-state index in [1.165, 1.54) is 28.4 Å². The molecule has 0 amide bonds. The second kappa shape index (κ2) is 4.80. The molecule has 4 nitrogen and oxygen atoms in total. The number of aromatic nitrogens is 4. The first-order valence-corrected chi connectivity index (χ1v) is 9.98. The van der Waals surface area contributed by atoms with Crippen LogP contribution in [0.1, 0.15) is 0 Å². The fraction of sp³-hybridized carbons (Fsp3) is 0. The third-order valence-corrected chi connectivity index (χ3v) is 5.47. The molecule has 1 aromatic carbocycles. The largest absolute Gasteiger partial charge is 0.310 e. The molecule has 0 unspecified atom stereocenters. The molecule has 4 rings (SSSR count). The Bertz CT molecular complexity index is 1100. The van der Waals surface area contributed by atoms with E-state index in [9.17, 15) is 19.4 Å². The highest BCUT2D eigenvalue weighted by atomic mass is 32.5. The molecule has 26 heavy (non-hydrogen) atoms. The van der Waals surface area contributed by atoms with Gasteiger partial charge in [-0.2, -0.15) is 16.4 Å². The lowest BCUT2D eigenvalue weighted by atomic mass is 10.3. The van der Waals surface area contributed by atoms with Crippen LogP contribution in [0.3, 0.4) is 0 Å². The number of fused-ring (bicyclic) bond motifs is 1. The number of benzene rings is 1.